The summed E-state index contributed by atoms with van der Waals surface area (Å²) in [7, 11) is 0. The second-order valence-corrected chi connectivity index (χ2v) is 8.34. The van der Waals surface area contributed by atoms with Gasteiger partial charge in [0.25, 0.3) is 0 Å². The van der Waals surface area contributed by atoms with E-state index < -0.39 is 5.82 Å². The number of rotatable bonds is 6. The predicted octanol–water partition coefficient (Wildman–Crippen LogP) is 4.59. The second-order valence-electron chi connectivity index (χ2n) is 7.29. The molecule has 1 atom stereocenters. The van der Waals surface area contributed by atoms with Crippen molar-refractivity contribution in [2.75, 3.05) is 18.8 Å². The van der Waals surface area contributed by atoms with Gasteiger partial charge in [-0.15, -0.1) is 11.8 Å². The highest BCUT2D eigenvalue weighted by Crippen LogP contribution is 2.25. The van der Waals surface area contributed by atoms with Crippen LogP contribution in [0.4, 0.5) is 8.78 Å². The molecule has 8 heteroatoms. The molecule has 156 valence electrons. The third-order valence-corrected chi connectivity index (χ3v) is 6.09. The van der Waals surface area contributed by atoms with Gasteiger partial charge in [-0.1, -0.05) is 17.3 Å². The van der Waals surface area contributed by atoms with Gasteiger partial charge in [0.15, 0.2) is 0 Å². The molecule has 2 aromatic carbocycles. The molecule has 0 radical (unpaired) electrons. The molecule has 1 aliphatic rings. The molecule has 1 unspecified atom stereocenters. The van der Waals surface area contributed by atoms with Crippen molar-refractivity contribution < 1.29 is 18.1 Å². The van der Waals surface area contributed by atoms with E-state index in [9.17, 15) is 13.6 Å². The molecule has 5 nitrogen and oxygen atoms in total. The minimum atomic E-state index is -0.391. The van der Waals surface area contributed by atoms with Crippen LogP contribution in [0.3, 0.4) is 0 Å². The standard InChI is InChI=1S/C22H21F2N3O2S/c23-16-7-9-17(10-8-16)30-14-21(28)27-11-3-4-15(13-27)12-20-25-22(26-29-20)18-5-1-2-6-19(18)24/h1-2,5-10,15H,3-4,11-14H2. The number of benzene rings is 2. The van der Waals surface area contributed by atoms with Crippen LogP contribution in [0.15, 0.2) is 57.9 Å². The number of amides is 1. The quantitative estimate of drug-likeness (QED) is 0.537. The number of halogens is 2. The molecular weight excluding hydrogens is 408 g/mol. The van der Waals surface area contributed by atoms with Crippen molar-refractivity contribution in [2.24, 2.45) is 5.92 Å². The second kappa shape index (κ2) is 9.38. The molecule has 0 spiro atoms. The van der Waals surface area contributed by atoms with E-state index in [0.717, 1.165) is 24.3 Å². The van der Waals surface area contributed by atoms with E-state index in [2.05, 4.69) is 10.1 Å². The molecule has 1 aromatic heterocycles. The highest BCUT2D eigenvalue weighted by atomic mass is 32.2. The van der Waals surface area contributed by atoms with Crippen molar-refractivity contribution in [1.29, 1.82) is 0 Å². The van der Waals surface area contributed by atoms with Crippen LogP contribution in [0.25, 0.3) is 11.4 Å². The van der Waals surface area contributed by atoms with Crippen molar-refractivity contribution in [3.8, 4) is 11.4 Å². The van der Waals surface area contributed by atoms with Gasteiger partial charge in [-0.05, 0) is 55.2 Å². The minimum absolute atomic E-state index is 0.0617. The average molecular weight is 429 g/mol. The molecule has 1 amide bonds. The van der Waals surface area contributed by atoms with Crippen molar-refractivity contribution in [3.05, 3.63) is 66.1 Å². The number of carbonyl (C=O) groups is 1. The van der Waals surface area contributed by atoms with Crippen LogP contribution in [0.1, 0.15) is 18.7 Å². The van der Waals surface area contributed by atoms with Gasteiger partial charge in [-0.3, -0.25) is 4.79 Å². The fourth-order valence-corrected chi connectivity index (χ4v) is 4.36. The van der Waals surface area contributed by atoms with E-state index in [1.165, 1.54) is 30.0 Å². The lowest BCUT2D eigenvalue weighted by atomic mass is 9.95. The Morgan fingerprint density at radius 1 is 1.17 bits per heavy atom. The third-order valence-electron chi connectivity index (χ3n) is 5.09. The van der Waals surface area contributed by atoms with Gasteiger partial charge in [0.2, 0.25) is 17.6 Å². The highest BCUT2D eigenvalue weighted by molar-refractivity contribution is 8.00. The largest absolute Gasteiger partial charge is 0.342 e. The van der Waals surface area contributed by atoms with Crippen LogP contribution in [0, 0.1) is 17.6 Å². The molecule has 0 saturated carbocycles. The third kappa shape index (κ3) is 5.05. The Kier molecular flexibility index (Phi) is 6.42. The van der Waals surface area contributed by atoms with E-state index in [0.29, 0.717) is 30.2 Å². The lowest BCUT2D eigenvalue weighted by molar-refractivity contribution is -0.130. The number of thioether (sulfide) groups is 1. The van der Waals surface area contributed by atoms with Crippen LogP contribution in [0.2, 0.25) is 0 Å². The first-order valence-electron chi connectivity index (χ1n) is 9.82. The first kappa shape index (κ1) is 20.5. The number of nitrogens with zero attached hydrogens (tertiary/aromatic N) is 3. The maximum atomic E-state index is 13.9. The number of likely N-dealkylation sites (tertiary alicyclic amines) is 1. The molecule has 0 bridgehead atoms. The maximum absolute atomic E-state index is 13.9. The van der Waals surface area contributed by atoms with Crippen molar-refractivity contribution in [2.45, 2.75) is 24.2 Å². The van der Waals surface area contributed by atoms with E-state index in [-0.39, 0.29) is 23.5 Å². The minimum Gasteiger partial charge on any atom is -0.342 e. The number of hydrogen-bond donors (Lipinski definition) is 0. The molecule has 1 fully saturated rings. The van der Waals surface area contributed by atoms with E-state index in [4.69, 9.17) is 4.52 Å². The van der Waals surface area contributed by atoms with Gasteiger partial charge < -0.3 is 9.42 Å². The van der Waals surface area contributed by atoms with Gasteiger partial charge in [0.1, 0.15) is 11.6 Å². The summed E-state index contributed by atoms with van der Waals surface area (Å²) in [6, 6.07) is 12.5. The van der Waals surface area contributed by atoms with E-state index in [1.807, 2.05) is 4.90 Å². The molecule has 0 N–H and O–H groups in total. The lowest BCUT2D eigenvalue weighted by Crippen LogP contribution is -2.41. The highest BCUT2D eigenvalue weighted by Gasteiger charge is 2.25. The van der Waals surface area contributed by atoms with Gasteiger partial charge in [-0.2, -0.15) is 4.98 Å². The van der Waals surface area contributed by atoms with Crippen LogP contribution >= 0.6 is 11.8 Å². The average Bonchev–Trinajstić information content (AvgIpc) is 3.22. The normalized spacial score (nSPS) is 16.6. The molecule has 30 heavy (non-hydrogen) atoms. The molecule has 4 rings (SSSR count). The SMILES string of the molecule is O=C(CSc1ccc(F)cc1)N1CCCC(Cc2nc(-c3ccccc3F)no2)C1. The van der Waals surface area contributed by atoms with Crippen LogP contribution < -0.4 is 0 Å². The predicted molar refractivity (Wildman–Crippen MR) is 110 cm³/mol. The number of piperidine rings is 1. The van der Waals surface area contributed by atoms with Gasteiger partial charge >= 0.3 is 0 Å². The molecule has 1 saturated heterocycles. The zero-order valence-electron chi connectivity index (χ0n) is 16.3. The zero-order chi connectivity index (χ0) is 20.9. The monoisotopic (exact) mass is 429 g/mol. The summed E-state index contributed by atoms with van der Waals surface area (Å²) < 4.78 is 32.2. The van der Waals surface area contributed by atoms with Crippen LogP contribution in [0.5, 0.6) is 0 Å². The number of aromatic nitrogens is 2. The Bertz CT molecular complexity index is 1010. The Labute approximate surface area is 177 Å². The molecule has 1 aliphatic heterocycles. The summed E-state index contributed by atoms with van der Waals surface area (Å²) in [5.41, 5.74) is 0.311. The molecule has 0 aliphatic carbocycles. The first-order chi connectivity index (χ1) is 14.6. The summed E-state index contributed by atoms with van der Waals surface area (Å²) in [6.07, 6.45) is 2.43. The summed E-state index contributed by atoms with van der Waals surface area (Å²) in [5, 5.41) is 3.90. The Balaban J connectivity index is 1.32. The number of carbonyl (C=O) groups excluding carboxylic acids is 1. The van der Waals surface area contributed by atoms with Crippen molar-refractivity contribution >= 4 is 17.7 Å². The lowest BCUT2D eigenvalue weighted by Gasteiger charge is -2.32. The summed E-state index contributed by atoms with van der Waals surface area (Å²) >= 11 is 1.40. The topological polar surface area (TPSA) is 59.2 Å². The van der Waals surface area contributed by atoms with E-state index in [1.54, 1.807) is 30.3 Å². The zero-order valence-corrected chi connectivity index (χ0v) is 17.1. The molecular formula is C22H21F2N3O2S. The molecule has 3 aromatic rings. The maximum Gasteiger partial charge on any atom is 0.232 e. The Hall–Kier alpha value is -2.74. The summed E-state index contributed by atoms with van der Waals surface area (Å²) in [6.45, 7) is 1.35. The van der Waals surface area contributed by atoms with E-state index >= 15 is 0 Å². The van der Waals surface area contributed by atoms with Crippen molar-refractivity contribution in [1.82, 2.24) is 15.0 Å². The number of hydrogen-bond acceptors (Lipinski definition) is 5. The molecule has 2 heterocycles. The summed E-state index contributed by atoms with van der Waals surface area (Å²) in [4.78, 5) is 19.7. The van der Waals surface area contributed by atoms with Gasteiger partial charge in [-0.25, -0.2) is 8.78 Å². The van der Waals surface area contributed by atoms with Gasteiger partial charge in [0, 0.05) is 24.4 Å². The Morgan fingerprint density at radius 3 is 2.77 bits per heavy atom. The van der Waals surface area contributed by atoms with Crippen LogP contribution in [-0.2, 0) is 11.2 Å². The van der Waals surface area contributed by atoms with Gasteiger partial charge in [0.05, 0.1) is 11.3 Å². The van der Waals surface area contributed by atoms with Crippen molar-refractivity contribution in [3.63, 3.8) is 0 Å². The summed E-state index contributed by atoms with van der Waals surface area (Å²) in [5.74, 6) is 0.604. The Morgan fingerprint density at radius 2 is 1.97 bits per heavy atom. The fraction of sp³-hybridized carbons (Fsp3) is 0.318. The van der Waals surface area contributed by atoms with Crippen LogP contribution in [-0.4, -0.2) is 39.8 Å². The fourth-order valence-electron chi connectivity index (χ4n) is 3.56. The smallest absolute Gasteiger partial charge is 0.232 e. The first-order valence-corrected chi connectivity index (χ1v) is 10.8.